The Morgan fingerprint density at radius 3 is 0.833 bits per heavy atom. The van der Waals surface area contributed by atoms with Crippen LogP contribution in [0.5, 0.6) is 17.2 Å². The van der Waals surface area contributed by atoms with E-state index in [-0.39, 0.29) is 0 Å². The predicted octanol–water partition coefficient (Wildman–Crippen LogP) is 18.4. The van der Waals surface area contributed by atoms with Crippen LogP contribution in [0.1, 0.15) is 301 Å². The molecule has 0 atom stereocenters. The first kappa shape index (κ1) is 56.1. The predicted molar refractivity (Wildman–Crippen MR) is 262 cm³/mol. The molecule has 0 radical (unpaired) electrons. The Balaban J connectivity index is 2.51. The third-order valence-electron chi connectivity index (χ3n) is 12.6. The standard InChI is InChI=1S/C55H103NO4/c1-4-7-10-13-16-19-22-25-28-31-34-37-40-43-48-58-52-47-46-51(55(56)57)53(59-49-44-41-38-35-32-29-26-23-20-17-14-11-8-5-2)54(52)60-50-45-42-39-36-33-30-27-24-21-18-15-12-9-6-3/h46-47H,4-45,48-50H2,1-3H3,(H2,56,57). The lowest BCUT2D eigenvalue weighted by molar-refractivity contribution is 0.0994. The van der Waals surface area contributed by atoms with Gasteiger partial charge >= 0.3 is 0 Å². The average molecular weight is 842 g/mol. The molecule has 1 aromatic rings. The van der Waals surface area contributed by atoms with Crippen molar-refractivity contribution in [1.29, 1.82) is 0 Å². The summed E-state index contributed by atoms with van der Waals surface area (Å²) < 4.78 is 19.2. The maximum Gasteiger partial charge on any atom is 0.252 e. The number of hydrogen-bond donors (Lipinski definition) is 1. The summed E-state index contributed by atoms with van der Waals surface area (Å²) >= 11 is 0. The van der Waals surface area contributed by atoms with Gasteiger partial charge in [-0.15, -0.1) is 0 Å². The van der Waals surface area contributed by atoms with Gasteiger partial charge in [0.25, 0.3) is 5.91 Å². The van der Waals surface area contributed by atoms with Gasteiger partial charge in [0.15, 0.2) is 11.5 Å². The first-order valence-corrected chi connectivity index (χ1v) is 27.0. The Bertz CT molecular complexity index is 1040. The molecule has 352 valence electrons. The van der Waals surface area contributed by atoms with Crippen LogP contribution in [0.25, 0.3) is 0 Å². The molecule has 0 spiro atoms. The Kier molecular flexibility index (Phi) is 42.2. The van der Waals surface area contributed by atoms with Crippen LogP contribution in [-0.2, 0) is 0 Å². The Hall–Kier alpha value is -1.91. The molecule has 0 saturated heterocycles. The zero-order valence-electron chi connectivity index (χ0n) is 40.7. The van der Waals surface area contributed by atoms with Crippen molar-refractivity contribution in [3.8, 4) is 17.2 Å². The molecule has 5 heteroatoms. The second-order valence-corrected chi connectivity index (χ2v) is 18.5. The van der Waals surface area contributed by atoms with Crippen molar-refractivity contribution in [2.24, 2.45) is 5.73 Å². The van der Waals surface area contributed by atoms with Crippen molar-refractivity contribution in [2.45, 2.75) is 290 Å². The highest BCUT2D eigenvalue weighted by Crippen LogP contribution is 2.41. The van der Waals surface area contributed by atoms with Crippen molar-refractivity contribution in [1.82, 2.24) is 0 Å². The molecular formula is C55H103NO4. The van der Waals surface area contributed by atoms with Crippen LogP contribution in [0.2, 0.25) is 0 Å². The average Bonchev–Trinajstić information content (AvgIpc) is 3.25. The second kappa shape index (κ2) is 45.1. The number of amides is 1. The summed E-state index contributed by atoms with van der Waals surface area (Å²) in [7, 11) is 0. The van der Waals surface area contributed by atoms with Gasteiger partial charge in [0, 0.05) is 0 Å². The van der Waals surface area contributed by atoms with Crippen LogP contribution in [0.3, 0.4) is 0 Å². The largest absolute Gasteiger partial charge is 0.490 e. The lowest BCUT2D eigenvalue weighted by Crippen LogP contribution is -2.15. The van der Waals surface area contributed by atoms with E-state index in [0.29, 0.717) is 42.6 Å². The summed E-state index contributed by atoms with van der Waals surface area (Å²) in [6.07, 6.45) is 55.7. The number of primary amides is 1. The first-order valence-electron chi connectivity index (χ1n) is 27.0. The zero-order valence-corrected chi connectivity index (χ0v) is 40.7. The quantitative estimate of drug-likeness (QED) is 0.0664. The highest BCUT2D eigenvalue weighted by Gasteiger charge is 2.21. The molecule has 0 aliphatic heterocycles. The number of rotatable bonds is 49. The van der Waals surface area contributed by atoms with E-state index in [4.69, 9.17) is 19.9 Å². The van der Waals surface area contributed by atoms with E-state index >= 15 is 0 Å². The fraction of sp³-hybridized carbons (Fsp3) is 0.873. The van der Waals surface area contributed by atoms with E-state index in [2.05, 4.69) is 20.8 Å². The highest BCUT2D eigenvalue weighted by molar-refractivity contribution is 5.97. The van der Waals surface area contributed by atoms with Crippen molar-refractivity contribution < 1.29 is 19.0 Å². The van der Waals surface area contributed by atoms with Crippen LogP contribution in [0, 0.1) is 0 Å². The number of hydrogen-bond acceptors (Lipinski definition) is 4. The molecule has 0 aliphatic carbocycles. The Morgan fingerprint density at radius 2 is 0.567 bits per heavy atom. The summed E-state index contributed by atoms with van der Waals surface area (Å²) in [5.74, 6) is 1.24. The van der Waals surface area contributed by atoms with Crippen LogP contribution in [-0.4, -0.2) is 25.7 Å². The maximum absolute atomic E-state index is 12.6. The van der Waals surface area contributed by atoms with E-state index in [0.717, 1.165) is 32.1 Å². The second-order valence-electron chi connectivity index (χ2n) is 18.5. The van der Waals surface area contributed by atoms with Crippen molar-refractivity contribution >= 4 is 5.91 Å². The Labute approximate surface area is 374 Å². The fourth-order valence-electron chi connectivity index (χ4n) is 8.55. The van der Waals surface area contributed by atoms with E-state index in [1.54, 1.807) is 6.07 Å². The molecule has 5 nitrogen and oxygen atoms in total. The summed E-state index contributed by atoms with van der Waals surface area (Å²) in [5, 5.41) is 0. The number of ether oxygens (including phenoxy) is 3. The highest BCUT2D eigenvalue weighted by atomic mass is 16.5. The van der Waals surface area contributed by atoms with Crippen LogP contribution >= 0.6 is 0 Å². The van der Waals surface area contributed by atoms with Gasteiger partial charge in [-0.3, -0.25) is 4.79 Å². The number of unbranched alkanes of at least 4 members (excludes halogenated alkanes) is 39. The molecule has 0 aromatic heterocycles. The van der Waals surface area contributed by atoms with Crippen molar-refractivity contribution in [2.75, 3.05) is 19.8 Å². The molecule has 0 saturated carbocycles. The van der Waals surface area contributed by atoms with Gasteiger partial charge in [-0.1, -0.05) is 271 Å². The van der Waals surface area contributed by atoms with Gasteiger partial charge in [0.2, 0.25) is 5.75 Å². The SMILES string of the molecule is CCCCCCCCCCCCCCCCOc1ccc(C(N)=O)c(OCCCCCCCCCCCCCCCC)c1OCCCCCCCCCCCCCCCC. The van der Waals surface area contributed by atoms with E-state index < -0.39 is 5.91 Å². The van der Waals surface area contributed by atoms with E-state index in [1.807, 2.05) is 6.07 Å². The van der Waals surface area contributed by atoms with Gasteiger partial charge in [-0.2, -0.15) is 0 Å². The minimum absolute atomic E-state index is 0.389. The van der Waals surface area contributed by atoms with Gasteiger partial charge in [0.1, 0.15) is 0 Å². The van der Waals surface area contributed by atoms with Gasteiger partial charge in [-0.25, -0.2) is 0 Å². The lowest BCUT2D eigenvalue weighted by Gasteiger charge is -2.19. The smallest absolute Gasteiger partial charge is 0.252 e. The van der Waals surface area contributed by atoms with Gasteiger partial charge in [-0.05, 0) is 31.4 Å². The van der Waals surface area contributed by atoms with E-state index in [9.17, 15) is 4.79 Å². The summed E-state index contributed by atoms with van der Waals surface area (Å²) in [4.78, 5) is 12.6. The topological polar surface area (TPSA) is 70.8 Å². The van der Waals surface area contributed by atoms with Crippen LogP contribution in [0.4, 0.5) is 0 Å². The number of carbonyl (C=O) groups is 1. The Morgan fingerprint density at radius 1 is 0.333 bits per heavy atom. The molecule has 1 aromatic carbocycles. The zero-order chi connectivity index (χ0) is 43.2. The van der Waals surface area contributed by atoms with Crippen LogP contribution < -0.4 is 19.9 Å². The first-order chi connectivity index (χ1) is 29.7. The molecule has 0 bridgehead atoms. The molecule has 60 heavy (non-hydrogen) atoms. The minimum Gasteiger partial charge on any atom is -0.490 e. The maximum atomic E-state index is 12.6. The normalized spacial score (nSPS) is 11.4. The lowest BCUT2D eigenvalue weighted by atomic mass is 10.0. The third-order valence-corrected chi connectivity index (χ3v) is 12.6. The molecule has 1 amide bonds. The molecule has 1 rings (SSSR count). The van der Waals surface area contributed by atoms with E-state index in [1.165, 1.54) is 238 Å². The molecule has 2 N–H and O–H groups in total. The minimum atomic E-state index is -0.481. The third kappa shape index (κ3) is 34.7. The van der Waals surface area contributed by atoms with Crippen LogP contribution in [0.15, 0.2) is 12.1 Å². The molecular weight excluding hydrogens is 739 g/mol. The number of benzene rings is 1. The number of carbonyl (C=O) groups excluding carboxylic acids is 1. The van der Waals surface area contributed by atoms with Gasteiger partial charge in [0.05, 0.1) is 25.4 Å². The molecule has 0 heterocycles. The summed E-state index contributed by atoms with van der Waals surface area (Å²) in [6, 6.07) is 3.63. The summed E-state index contributed by atoms with van der Waals surface area (Å²) in [6.45, 7) is 8.65. The van der Waals surface area contributed by atoms with Crippen molar-refractivity contribution in [3.63, 3.8) is 0 Å². The monoisotopic (exact) mass is 842 g/mol. The molecule has 0 aliphatic rings. The molecule has 0 fully saturated rings. The fourth-order valence-corrected chi connectivity index (χ4v) is 8.55. The van der Waals surface area contributed by atoms with Crippen molar-refractivity contribution in [3.05, 3.63) is 17.7 Å². The molecule has 0 unspecified atom stereocenters. The number of nitrogens with two attached hydrogens (primary N) is 1. The summed E-state index contributed by atoms with van der Waals surface area (Å²) in [5.41, 5.74) is 6.28. The van der Waals surface area contributed by atoms with Gasteiger partial charge < -0.3 is 19.9 Å².